The number of nitrogens with two attached hydrogens (primary N) is 1. The second kappa shape index (κ2) is 5.06. The zero-order valence-corrected chi connectivity index (χ0v) is 8.75. The zero-order valence-electron chi connectivity index (χ0n) is 8.75. The number of ketones is 1. The molecule has 0 unspecified atom stereocenters. The number of nitro groups is 1. The van der Waals surface area contributed by atoms with Gasteiger partial charge in [0.25, 0.3) is 5.69 Å². The molecule has 0 heterocycles. The minimum Gasteiger partial charge on any atom is -0.481 e. The number of carbonyl (C=O) groups is 2. The first-order valence-electron chi connectivity index (χ1n) is 4.70. The molecule has 1 aromatic rings. The Morgan fingerprint density at radius 2 is 2.00 bits per heavy atom. The molecule has 1 rings (SSSR count). The summed E-state index contributed by atoms with van der Waals surface area (Å²) in [5.74, 6) is -1.56. The van der Waals surface area contributed by atoms with Crippen LogP contribution in [0.4, 0.5) is 11.4 Å². The van der Waals surface area contributed by atoms with Gasteiger partial charge in [0.15, 0.2) is 5.78 Å². The summed E-state index contributed by atoms with van der Waals surface area (Å²) in [6.45, 7) is 0. The van der Waals surface area contributed by atoms with Gasteiger partial charge < -0.3 is 10.8 Å². The van der Waals surface area contributed by atoms with Crippen LogP contribution in [0.1, 0.15) is 23.2 Å². The molecule has 0 aromatic heterocycles. The van der Waals surface area contributed by atoms with E-state index in [9.17, 15) is 19.7 Å². The lowest BCUT2D eigenvalue weighted by atomic mass is 10.1. The number of carbonyl (C=O) groups excluding carboxylic acids is 1. The third-order valence-electron chi connectivity index (χ3n) is 2.12. The quantitative estimate of drug-likeness (QED) is 0.344. The Labute approximate surface area is 96.0 Å². The van der Waals surface area contributed by atoms with Gasteiger partial charge in [-0.05, 0) is 12.1 Å². The van der Waals surface area contributed by atoms with Crippen molar-refractivity contribution < 1.29 is 19.6 Å². The summed E-state index contributed by atoms with van der Waals surface area (Å²) in [7, 11) is 0. The maximum absolute atomic E-state index is 11.5. The number of carboxylic acid groups (broad SMARTS) is 1. The van der Waals surface area contributed by atoms with E-state index < -0.39 is 16.7 Å². The first kappa shape index (κ1) is 12.6. The summed E-state index contributed by atoms with van der Waals surface area (Å²) in [5, 5.41) is 19.0. The largest absolute Gasteiger partial charge is 0.481 e. The molecule has 0 spiro atoms. The highest BCUT2D eigenvalue weighted by molar-refractivity contribution is 5.98. The fourth-order valence-electron chi connectivity index (χ4n) is 1.24. The molecule has 0 amide bonds. The molecule has 0 bridgehead atoms. The van der Waals surface area contributed by atoms with E-state index in [0.717, 1.165) is 6.07 Å². The van der Waals surface area contributed by atoms with Crippen molar-refractivity contribution in [2.75, 3.05) is 5.73 Å². The lowest BCUT2D eigenvalue weighted by Crippen LogP contribution is -2.05. The number of anilines is 1. The van der Waals surface area contributed by atoms with Crippen molar-refractivity contribution in [3.05, 3.63) is 33.9 Å². The Hall–Kier alpha value is -2.44. The smallest absolute Gasteiger partial charge is 0.303 e. The van der Waals surface area contributed by atoms with Crippen LogP contribution >= 0.6 is 0 Å². The Kier molecular flexibility index (Phi) is 3.76. The second-order valence-corrected chi connectivity index (χ2v) is 3.35. The second-order valence-electron chi connectivity index (χ2n) is 3.35. The van der Waals surface area contributed by atoms with Gasteiger partial charge in [-0.1, -0.05) is 0 Å². The number of rotatable bonds is 5. The van der Waals surface area contributed by atoms with Crippen LogP contribution in [0.5, 0.6) is 0 Å². The van der Waals surface area contributed by atoms with Crippen LogP contribution in [-0.4, -0.2) is 21.8 Å². The van der Waals surface area contributed by atoms with Crippen molar-refractivity contribution >= 4 is 23.1 Å². The SMILES string of the molecule is Nc1ccc(C(=O)CCC(=O)O)cc1[N+](=O)[O-]. The van der Waals surface area contributed by atoms with Crippen LogP contribution in [0.2, 0.25) is 0 Å². The van der Waals surface area contributed by atoms with Gasteiger partial charge in [-0.3, -0.25) is 19.7 Å². The average molecular weight is 238 g/mol. The number of benzene rings is 1. The number of nitrogens with zero attached hydrogens (tertiary/aromatic N) is 1. The fourth-order valence-corrected chi connectivity index (χ4v) is 1.24. The average Bonchev–Trinajstić information content (AvgIpc) is 2.26. The number of aliphatic carboxylic acids is 1. The lowest BCUT2D eigenvalue weighted by molar-refractivity contribution is -0.383. The maximum Gasteiger partial charge on any atom is 0.303 e. The summed E-state index contributed by atoms with van der Waals surface area (Å²) in [6, 6.07) is 3.65. The van der Waals surface area contributed by atoms with Gasteiger partial charge in [-0.25, -0.2) is 0 Å². The third kappa shape index (κ3) is 3.26. The molecule has 0 aliphatic rings. The summed E-state index contributed by atoms with van der Waals surface area (Å²) in [4.78, 5) is 31.7. The van der Waals surface area contributed by atoms with Crippen molar-refractivity contribution in [1.29, 1.82) is 0 Å². The van der Waals surface area contributed by atoms with Gasteiger partial charge in [-0.2, -0.15) is 0 Å². The van der Waals surface area contributed by atoms with Crippen LogP contribution in [0.3, 0.4) is 0 Å². The van der Waals surface area contributed by atoms with E-state index in [1.54, 1.807) is 0 Å². The molecule has 0 saturated carbocycles. The van der Waals surface area contributed by atoms with E-state index in [1.165, 1.54) is 12.1 Å². The number of Topliss-reactive ketones (excluding diaryl/α,β-unsaturated/α-hetero) is 1. The van der Waals surface area contributed by atoms with Crippen LogP contribution in [0.15, 0.2) is 18.2 Å². The van der Waals surface area contributed by atoms with Crippen molar-refractivity contribution in [3.8, 4) is 0 Å². The van der Waals surface area contributed by atoms with Gasteiger partial charge in [0, 0.05) is 18.1 Å². The first-order valence-corrected chi connectivity index (χ1v) is 4.70. The van der Waals surface area contributed by atoms with Gasteiger partial charge in [0.05, 0.1) is 11.3 Å². The van der Waals surface area contributed by atoms with Gasteiger partial charge >= 0.3 is 5.97 Å². The highest BCUT2D eigenvalue weighted by Crippen LogP contribution is 2.23. The molecule has 0 saturated heterocycles. The number of carboxylic acids is 1. The zero-order chi connectivity index (χ0) is 13.0. The van der Waals surface area contributed by atoms with E-state index in [-0.39, 0.29) is 29.8 Å². The molecule has 7 heteroatoms. The van der Waals surface area contributed by atoms with Crippen molar-refractivity contribution in [1.82, 2.24) is 0 Å². The molecule has 0 aliphatic carbocycles. The monoisotopic (exact) mass is 238 g/mol. The summed E-state index contributed by atoms with van der Waals surface area (Å²) in [6.07, 6.45) is -0.507. The van der Waals surface area contributed by atoms with Gasteiger partial charge in [-0.15, -0.1) is 0 Å². The fraction of sp³-hybridized carbons (Fsp3) is 0.200. The van der Waals surface area contributed by atoms with Crippen LogP contribution < -0.4 is 5.73 Å². The molecule has 7 nitrogen and oxygen atoms in total. The molecule has 0 fully saturated rings. The molecule has 1 aromatic carbocycles. The topological polar surface area (TPSA) is 124 Å². The molecule has 90 valence electrons. The first-order chi connectivity index (χ1) is 7.91. The Morgan fingerprint density at radius 3 is 2.53 bits per heavy atom. The molecule has 0 radical (unpaired) electrons. The number of hydrogen-bond donors (Lipinski definition) is 2. The Balaban J connectivity index is 2.92. The minimum atomic E-state index is -1.09. The number of hydrogen-bond acceptors (Lipinski definition) is 5. The third-order valence-corrected chi connectivity index (χ3v) is 2.12. The van der Waals surface area contributed by atoms with Gasteiger partial charge in [0.2, 0.25) is 0 Å². The highest BCUT2D eigenvalue weighted by Gasteiger charge is 2.16. The van der Waals surface area contributed by atoms with E-state index in [0.29, 0.717) is 0 Å². The molecule has 17 heavy (non-hydrogen) atoms. The Bertz CT molecular complexity index is 484. The molecule has 0 aliphatic heterocycles. The number of nitro benzene ring substituents is 1. The molecular weight excluding hydrogens is 228 g/mol. The molecule has 0 atom stereocenters. The Morgan fingerprint density at radius 1 is 1.35 bits per heavy atom. The summed E-state index contributed by atoms with van der Waals surface area (Å²) >= 11 is 0. The number of nitrogen functional groups attached to an aromatic ring is 1. The minimum absolute atomic E-state index is 0.0372. The van der Waals surface area contributed by atoms with E-state index in [1.807, 2.05) is 0 Å². The normalized spacial score (nSPS) is 9.88. The van der Waals surface area contributed by atoms with E-state index >= 15 is 0 Å². The summed E-state index contributed by atoms with van der Waals surface area (Å²) < 4.78 is 0. The maximum atomic E-state index is 11.5. The van der Waals surface area contributed by atoms with Crippen molar-refractivity contribution in [3.63, 3.8) is 0 Å². The lowest BCUT2D eigenvalue weighted by Gasteiger charge is -2.01. The van der Waals surface area contributed by atoms with Crippen molar-refractivity contribution in [2.24, 2.45) is 0 Å². The molecule has 3 N–H and O–H groups in total. The van der Waals surface area contributed by atoms with Crippen LogP contribution in [0.25, 0.3) is 0 Å². The van der Waals surface area contributed by atoms with Crippen LogP contribution in [0, 0.1) is 10.1 Å². The predicted molar refractivity (Wildman–Crippen MR) is 58.7 cm³/mol. The summed E-state index contributed by atoms with van der Waals surface area (Å²) in [5.41, 5.74) is 5.06. The van der Waals surface area contributed by atoms with E-state index in [2.05, 4.69) is 0 Å². The van der Waals surface area contributed by atoms with Gasteiger partial charge in [0.1, 0.15) is 5.69 Å². The molecular formula is C10H10N2O5. The standard InChI is InChI=1S/C10H10N2O5/c11-7-2-1-6(5-8(7)12(16)17)9(13)3-4-10(14)15/h1-2,5H,3-4,11H2,(H,14,15). The van der Waals surface area contributed by atoms with Crippen LogP contribution in [-0.2, 0) is 4.79 Å². The van der Waals surface area contributed by atoms with E-state index in [4.69, 9.17) is 10.8 Å². The van der Waals surface area contributed by atoms with Crippen molar-refractivity contribution in [2.45, 2.75) is 12.8 Å². The predicted octanol–water partition coefficient (Wildman–Crippen LogP) is 1.22. The highest BCUT2D eigenvalue weighted by atomic mass is 16.6.